The van der Waals surface area contributed by atoms with Crippen molar-refractivity contribution in [2.75, 3.05) is 44.2 Å². The Kier molecular flexibility index (Phi) is 5.11. The van der Waals surface area contributed by atoms with Crippen molar-refractivity contribution in [3.05, 3.63) is 42.2 Å². The molecule has 0 saturated carbocycles. The van der Waals surface area contributed by atoms with Crippen LogP contribution in [0.2, 0.25) is 0 Å². The number of aromatic nitrogens is 2. The molecule has 0 spiro atoms. The van der Waals surface area contributed by atoms with Crippen molar-refractivity contribution in [2.45, 2.75) is 17.7 Å². The Hall–Kier alpha value is -2.39. The summed E-state index contributed by atoms with van der Waals surface area (Å²) in [6.45, 7) is 3.81. The highest BCUT2D eigenvalue weighted by molar-refractivity contribution is 7.89. The molecule has 0 atom stereocenters. The van der Waals surface area contributed by atoms with Gasteiger partial charge in [0.05, 0.1) is 4.90 Å². The second-order valence-electron chi connectivity index (χ2n) is 7.25. The summed E-state index contributed by atoms with van der Waals surface area (Å²) in [7, 11) is -1.49. The third-order valence-electron chi connectivity index (χ3n) is 5.45. The topological polar surface area (TPSA) is 78.8 Å². The zero-order valence-electron chi connectivity index (χ0n) is 16.0. The Morgan fingerprint density at radius 1 is 0.964 bits per heavy atom. The lowest BCUT2D eigenvalue weighted by molar-refractivity contribution is 0.0746. The first kappa shape index (κ1) is 18.9. The molecule has 0 unspecified atom stereocenters. The largest absolute Gasteiger partial charge is 0.339 e. The summed E-state index contributed by atoms with van der Waals surface area (Å²) in [6, 6.07) is 6.34. The maximum absolute atomic E-state index is 12.8. The molecule has 28 heavy (non-hydrogen) atoms. The molecule has 2 saturated heterocycles. The summed E-state index contributed by atoms with van der Waals surface area (Å²) in [5.41, 5.74) is 0.519. The van der Waals surface area contributed by atoms with Crippen LogP contribution < -0.4 is 4.90 Å². The fraction of sp³-hybridized carbons (Fsp3) is 0.474. The van der Waals surface area contributed by atoms with Crippen LogP contribution in [0.25, 0.3) is 0 Å². The standard InChI is InChI=1S/C19H25N5O3S/c1-21-11-8-20-19(21)23-14-12-22(13-15-23)18(25)16-4-6-17(7-5-16)28(26,27)24-9-2-3-10-24/h4-8,11H,2-3,9-10,12-15H2,1H3. The van der Waals surface area contributed by atoms with Gasteiger partial charge in [0.1, 0.15) is 0 Å². The molecule has 2 aliphatic rings. The van der Waals surface area contributed by atoms with E-state index in [1.807, 2.05) is 22.7 Å². The number of anilines is 1. The molecular formula is C19H25N5O3S. The van der Waals surface area contributed by atoms with Crippen LogP contribution in [-0.2, 0) is 17.1 Å². The van der Waals surface area contributed by atoms with Crippen molar-refractivity contribution in [1.82, 2.24) is 18.8 Å². The van der Waals surface area contributed by atoms with Gasteiger partial charge in [-0.3, -0.25) is 4.79 Å². The number of hydrogen-bond acceptors (Lipinski definition) is 5. The van der Waals surface area contributed by atoms with E-state index in [1.54, 1.807) is 30.5 Å². The summed E-state index contributed by atoms with van der Waals surface area (Å²) < 4.78 is 28.7. The third kappa shape index (κ3) is 3.51. The number of rotatable bonds is 4. The van der Waals surface area contributed by atoms with Crippen LogP contribution in [-0.4, -0.2) is 72.3 Å². The van der Waals surface area contributed by atoms with Gasteiger partial charge in [-0.25, -0.2) is 13.4 Å². The molecule has 0 aliphatic carbocycles. The van der Waals surface area contributed by atoms with E-state index in [2.05, 4.69) is 9.88 Å². The van der Waals surface area contributed by atoms with Gasteiger partial charge in [-0.1, -0.05) is 0 Å². The van der Waals surface area contributed by atoms with Gasteiger partial charge in [-0.05, 0) is 37.1 Å². The summed E-state index contributed by atoms with van der Waals surface area (Å²) in [6.07, 6.45) is 5.48. The summed E-state index contributed by atoms with van der Waals surface area (Å²) in [4.78, 5) is 21.4. The molecule has 150 valence electrons. The van der Waals surface area contributed by atoms with Crippen molar-refractivity contribution in [1.29, 1.82) is 0 Å². The average molecular weight is 404 g/mol. The van der Waals surface area contributed by atoms with Crippen molar-refractivity contribution in [2.24, 2.45) is 7.05 Å². The summed E-state index contributed by atoms with van der Waals surface area (Å²) in [5, 5.41) is 0. The SMILES string of the molecule is Cn1ccnc1N1CCN(C(=O)c2ccc(S(=O)(=O)N3CCCC3)cc2)CC1. The minimum Gasteiger partial charge on any atom is -0.339 e. The Bertz CT molecular complexity index is 940. The molecule has 2 aromatic rings. The molecule has 2 aliphatic heterocycles. The van der Waals surface area contributed by atoms with Crippen molar-refractivity contribution in [3.63, 3.8) is 0 Å². The van der Waals surface area contributed by atoms with Crippen LogP contribution in [0.4, 0.5) is 5.95 Å². The molecule has 1 aromatic heterocycles. The fourth-order valence-electron chi connectivity index (χ4n) is 3.80. The predicted molar refractivity (Wildman–Crippen MR) is 106 cm³/mol. The number of hydrogen-bond donors (Lipinski definition) is 0. The predicted octanol–water partition coefficient (Wildman–Crippen LogP) is 1.17. The number of piperazine rings is 1. The fourth-order valence-corrected chi connectivity index (χ4v) is 5.32. The smallest absolute Gasteiger partial charge is 0.253 e. The number of carbonyl (C=O) groups is 1. The highest BCUT2D eigenvalue weighted by Gasteiger charge is 2.28. The normalized spacial score (nSPS) is 18.6. The van der Waals surface area contributed by atoms with Crippen LogP contribution in [0.3, 0.4) is 0 Å². The highest BCUT2D eigenvalue weighted by atomic mass is 32.2. The number of imidazole rings is 1. The second kappa shape index (κ2) is 7.56. The molecule has 0 bridgehead atoms. The quantitative estimate of drug-likeness (QED) is 0.766. The molecule has 4 rings (SSSR count). The van der Waals surface area contributed by atoms with E-state index < -0.39 is 10.0 Å². The Morgan fingerprint density at radius 2 is 1.61 bits per heavy atom. The maximum atomic E-state index is 12.8. The van der Waals surface area contributed by atoms with Gasteiger partial charge in [0.25, 0.3) is 5.91 Å². The number of sulfonamides is 1. The summed E-state index contributed by atoms with van der Waals surface area (Å²) >= 11 is 0. The van der Waals surface area contributed by atoms with Crippen molar-refractivity contribution < 1.29 is 13.2 Å². The minimum absolute atomic E-state index is 0.0652. The van der Waals surface area contributed by atoms with Crippen LogP contribution in [0, 0.1) is 0 Å². The van der Waals surface area contributed by atoms with Gasteiger partial charge in [-0.2, -0.15) is 4.31 Å². The Balaban J connectivity index is 1.41. The number of nitrogens with zero attached hydrogens (tertiary/aromatic N) is 5. The van der Waals surface area contributed by atoms with E-state index in [-0.39, 0.29) is 10.8 Å². The first-order valence-electron chi connectivity index (χ1n) is 9.58. The average Bonchev–Trinajstić information content (AvgIpc) is 3.40. The minimum atomic E-state index is -3.45. The van der Waals surface area contributed by atoms with Crippen LogP contribution in [0.1, 0.15) is 23.2 Å². The lowest BCUT2D eigenvalue weighted by atomic mass is 10.2. The van der Waals surface area contributed by atoms with E-state index in [4.69, 9.17) is 0 Å². The molecule has 1 amide bonds. The zero-order chi connectivity index (χ0) is 19.7. The lowest BCUT2D eigenvalue weighted by Gasteiger charge is -2.35. The van der Waals surface area contributed by atoms with Gasteiger partial charge in [0.2, 0.25) is 16.0 Å². The van der Waals surface area contributed by atoms with Crippen molar-refractivity contribution >= 4 is 21.9 Å². The molecule has 1 aromatic carbocycles. The number of aryl methyl sites for hydroxylation is 1. The monoisotopic (exact) mass is 403 g/mol. The third-order valence-corrected chi connectivity index (χ3v) is 7.36. The van der Waals surface area contributed by atoms with Gasteiger partial charge in [0, 0.05) is 64.3 Å². The molecule has 3 heterocycles. The van der Waals surface area contributed by atoms with Gasteiger partial charge < -0.3 is 14.4 Å². The molecule has 9 heteroatoms. The van der Waals surface area contributed by atoms with Gasteiger partial charge >= 0.3 is 0 Å². The Labute approximate surface area is 165 Å². The van der Waals surface area contributed by atoms with Crippen LogP contribution in [0.5, 0.6) is 0 Å². The summed E-state index contributed by atoms with van der Waals surface area (Å²) in [5.74, 6) is 0.841. The second-order valence-corrected chi connectivity index (χ2v) is 9.19. The lowest BCUT2D eigenvalue weighted by Crippen LogP contribution is -2.49. The van der Waals surface area contributed by atoms with Gasteiger partial charge in [0.15, 0.2) is 0 Å². The van der Waals surface area contributed by atoms with Crippen molar-refractivity contribution in [3.8, 4) is 0 Å². The van der Waals surface area contributed by atoms with E-state index >= 15 is 0 Å². The first-order valence-corrected chi connectivity index (χ1v) is 11.0. The first-order chi connectivity index (χ1) is 13.5. The molecule has 8 nitrogen and oxygen atoms in total. The zero-order valence-corrected chi connectivity index (χ0v) is 16.8. The highest BCUT2D eigenvalue weighted by Crippen LogP contribution is 2.22. The molecule has 0 N–H and O–H groups in total. The maximum Gasteiger partial charge on any atom is 0.253 e. The van der Waals surface area contributed by atoms with Gasteiger partial charge in [-0.15, -0.1) is 0 Å². The number of benzene rings is 1. The molecule has 2 fully saturated rings. The van der Waals surface area contributed by atoms with E-state index in [1.165, 1.54) is 4.31 Å². The van der Waals surface area contributed by atoms with E-state index in [9.17, 15) is 13.2 Å². The van der Waals surface area contributed by atoms with E-state index in [0.717, 1.165) is 31.9 Å². The Morgan fingerprint density at radius 3 is 2.18 bits per heavy atom. The van der Waals surface area contributed by atoms with E-state index in [0.29, 0.717) is 31.7 Å². The van der Waals surface area contributed by atoms with Crippen LogP contribution in [0.15, 0.2) is 41.6 Å². The van der Waals surface area contributed by atoms with Crippen LogP contribution >= 0.6 is 0 Å². The molecular weight excluding hydrogens is 378 g/mol. The number of amides is 1. The molecule has 0 radical (unpaired) electrons. The number of carbonyl (C=O) groups excluding carboxylic acids is 1.